The molecule has 1 saturated carbocycles. The lowest BCUT2D eigenvalue weighted by molar-refractivity contribution is -0.126. The van der Waals surface area contributed by atoms with Crippen molar-refractivity contribution in [2.75, 3.05) is 12.3 Å². The van der Waals surface area contributed by atoms with Gasteiger partial charge in [0.25, 0.3) is 16.0 Å². The standard InChI is InChI=1S/C27H38N2O5S/c1-5-19(2)6-9-21(4)29-27(31)25(23-12-7-20(3)8-13-23)18-22-10-14-24(15-11-22)26(30)28-16-17-35(32,33)34/h5-6,9-11,14-15,20,23,25H,4,7-8,12-13,16-18H2,1-3H3,(H,28,30)(H,29,31)(H,32,33,34)/b9-6-,19-5-. The van der Waals surface area contributed by atoms with Crippen molar-refractivity contribution < 1.29 is 22.6 Å². The van der Waals surface area contributed by atoms with Gasteiger partial charge in [0.2, 0.25) is 5.91 Å². The van der Waals surface area contributed by atoms with Crippen LogP contribution in [0.3, 0.4) is 0 Å². The van der Waals surface area contributed by atoms with Crippen molar-refractivity contribution in [1.82, 2.24) is 10.6 Å². The Kier molecular flexibility index (Phi) is 10.9. The van der Waals surface area contributed by atoms with E-state index in [4.69, 9.17) is 4.55 Å². The van der Waals surface area contributed by atoms with Gasteiger partial charge >= 0.3 is 0 Å². The maximum atomic E-state index is 13.3. The molecule has 2 amide bonds. The van der Waals surface area contributed by atoms with Crippen LogP contribution in [0.15, 0.2) is 60.3 Å². The summed E-state index contributed by atoms with van der Waals surface area (Å²) < 4.78 is 30.4. The van der Waals surface area contributed by atoms with Gasteiger partial charge in [-0.1, -0.05) is 56.2 Å². The van der Waals surface area contributed by atoms with Gasteiger partial charge in [-0.25, -0.2) is 0 Å². The van der Waals surface area contributed by atoms with Crippen LogP contribution in [0.1, 0.15) is 62.4 Å². The Balaban J connectivity index is 2.08. The molecule has 35 heavy (non-hydrogen) atoms. The van der Waals surface area contributed by atoms with Crippen LogP contribution in [0.5, 0.6) is 0 Å². The highest BCUT2D eigenvalue weighted by atomic mass is 32.2. The topological polar surface area (TPSA) is 113 Å². The van der Waals surface area contributed by atoms with E-state index in [0.717, 1.165) is 36.8 Å². The fourth-order valence-electron chi connectivity index (χ4n) is 4.22. The molecule has 1 aromatic carbocycles. The Morgan fingerprint density at radius 1 is 1.14 bits per heavy atom. The summed E-state index contributed by atoms with van der Waals surface area (Å²) in [5, 5.41) is 5.45. The minimum atomic E-state index is -4.13. The number of hydrogen-bond donors (Lipinski definition) is 3. The molecular formula is C27H38N2O5S. The van der Waals surface area contributed by atoms with Crippen molar-refractivity contribution in [3.05, 3.63) is 71.5 Å². The molecule has 1 fully saturated rings. The Hall–Kier alpha value is -2.71. The number of rotatable bonds is 11. The quantitative estimate of drug-likeness (QED) is 0.306. The third kappa shape index (κ3) is 10.2. The maximum Gasteiger partial charge on any atom is 0.266 e. The van der Waals surface area contributed by atoms with Gasteiger partial charge in [-0.2, -0.15) is 8.42 Å². The highest BCUT2D eigenvalue weighted by molar-refractivity contribution is 7.85. The molecule has 3 N–H and O–H groups in total. The lowest BCUT2D eigenvalue weighted by Gasteiger charge is -2.32. The van der Waals surface area contributed by atoms with Crippen molar-refractivity contribution in [2.24, 2.45) is 17.8 Å². The minimum absolute atomic E-state index is 0.0376. The molecule has 1 aliphatic carbocycles. The van der Waals surface area contributed by atoms with E-state index in [0.29, 0.717) is 23.6 Å². The number of amides is 2. The van der Waals surface area contributed by atoms with Gasteiger partial charge in [0.1, 0.15) is 0 Å². The maximum absolute atomic E-state index is 13.3. The normalized spacial score (nSPS) is 19.8. The van der Waals surface area contributed by atoms with Crippen LogP contribution in [0.25, 0.3) is 0 Å². The lowest BCUT2D eigenvalue weighted by Crippen LogP contribution is -2.37. The highest BCUT2D eigenvalue weighted by Gasteiger charge is 2.31. The zero-order valence-electron chi connectivity index (χ0n) is 20.9. The zero-order chi connectivity index (χ0) is 26.0. The van der Waals surface area contributed by atoms with Crippen LogP contribution >= 0.6 is 0 Å². The Morgan fingerprint density at radius 2 is 1.77 bits per heavy atom. The minimum Gasteiger partial charge on any atom is -0.351 e. The van der Waals surface area contributed by atoms with Gasteiger partial charge in [-0.05, 0) is 68.7 Å². The number of nitrogens with one attached hydrogen (secondary N) is 2. The van der Waals surface area contributed by atoms with E-state index in [9.17, 15) is 18.0 Å². The fraction of sp³-hybridized carbons (Fsp3) is 0.481. The molecule has 2 rings (SSSR count). The molecule has 1 aliphatic rings. The van der Waals surface area contributed by atoms with Gasteiger partial charge in [0, 0.05) is 23.7 Å². The van der Waals surface area contributed by atoms with Crippen molar-refractivity contribution >= 4 is 21.9 Å². The third-order valence-corrected chi connectivity index (χ3v) is 7.29. The number of allylic oxidation sites excluding steroid dienone is 4. The van der Waals surface area contributed by atoms with E-state index in [1.807, 2.05) is 44.2 Å². The zero-order valence-corrected chi connectivity index (χ0v) is 21.7. The third-order valence-electron chi connectivity index (χ3n) is 6.57. The number of benzene rings is 1. The first-order valence-corrected chi connectivity index (χ1v) is 13.7. The Labute approximate surface area is 209 Å². The summed E-state index contributed by atoms with van der Waals surface area (Å²) in [6, 6.07) is 6.98. The molecular weight excluding hydrogens is 464 g/mol. The molecule has 0 aromatic heterocycles. The highest BCUT2D eigenvalue weighted by Crippen LogP contribution is 2.35. The number of hydrogen-bond acceptors (Lipinski definition) is 4. The van der Waals surface area contributed by atoms with Gasteiger partial charge < -0.3 is 10.6 Å². The predicted molar refractivity (Wildman–Crippen MR) is 139 cm³/mol. The van der Waals surface area contributed by atoms with Crippen molar-refractivity contribution in [3.8, 4) is 0 Å². The molecule has 0 heterocycles. The summed E-state index contributed by atoms with van der Waals surface area (Å²) in [4.78, 5) is 25.5. The van der Waals surface area contributed by atoms with Gasteiger partial charge in [0.05, 0.1) is 5.75 Å². The van der Waals surface area contributed by atoms with E-state index in [-0.39, 0.29) is 24.3 Å². The second-order valence-corrected chi connectivity index (χ2v) is 11.0. The van der Waals surface area contributed by atoms with Crippen LogP contribution in [-0.4, -0.2) is 37.1 Å². The van der Waals surface area contributed by atoms with E-state index >= 15 is 0 Å². The van der Waals surface area contributed by atoms with Crippen molar-refractivity contribution in [3.63, 3.8) is 0 Å². The van der Waals surface area contributed by atoms with Gasteiger partial charge in [0.15, 0.2) is 0 Å². The molecule has 1 unspecified atom stereocenters. The molecule has 1 aromatic rings. The van der Waals surface area contributed by atoms with Gasteiger partial charge in [-0.15, -0.1) is 0 Å². The average molecular weight is 503 g/mol. The van der Waals surface area contributed by atoms with Crippen LogP contribution in [0.4, 0.5) is 0 Å². The largest absolute Gasteiger partial charge is 0.351 e. The molecule has 192 valence electrons. The average Bonchev–Trinajstić information content (AvgIpc) is 2.81. The molecule has 0 spiro atoms. The van der Waals surface area contributed by atoms with E-state index in [2.05, 4.69) is 24.1 Å². The molecule has 0 radical (unpaired) electrons. The Bertz CT molecular complexity index is 1050. The summed E-state index contributed by atoms with van der Waals surface area (Å²) >= 11 is 0. The summed E-state index contributed by atoms with van der Waals surface area (Å²) in [5.74, 6) is -0.244. The summed E-state index contributed by atoms with van der Waals surface area (Å²) in [5.41, 5.74) is 2.97. The first-order valence-electron chi connectivity index (χ1n) is 12.1. The van der Waals surface area contributed by atoms with E-state index in [1.165, 1.54) is 0 Å². The summed E-state index contributed by atoms with van der Waals surface area (Å²) in [6.45, 7) is 9.99. The van der Waals surface area contributed by atoms with E-state index in [1.54, 1.807) is 12.1 Å². The van der Waals surface area contributed by atoms with Crippen molar-refractivity contribution in [1.29, 1.82) is 0 Å². The van der Waals surface area contributed by atoms with Crippen molar-refractivity contribution in [2.45, 2.75) is 52.9 Å². The van der Waals surface area contributed by atoms with Crippen LogP contribution < -0.4 is 10.6 Å². The second-order valence-electron chi connectivity index (χ2n) is 9.45. The number of carbonyl (C=O) groups is 2. The summed E-state index contributed by atoms with van der Waals surface area (Å²) in [7, 11) is -4.13. The summed E-state index contributed by atoms with van der Waals surface area (Å²) in [6.07, 6.45) is 10.5. The smallest absolute Gasteiger partial charge is 0.266 e. The molecule has 0 saturated heterocycles. The van der Waals surface area contributed by atoms with E-state index < -0.39 is 21.8 Å². The fourth-order valence-corrected chi connectivity index (χ4v) is 4.58. The molecule has 0 bridgehead atoms. The lowest BCUT2D eigenvalue weighted by atomic mass is 9.74. The second kappa shape index (κ2) is 13.4. The Morgan fingerprint density at radius 3 is 2.34 bits per heavy atom. The first-order chi connectivity index (χ1) is 16.5. The monoisotopic (exact) mass is 502 g/mol. The number of carbonyl (C=O) groups excluding carboxylic acids is 2. The molecule has 7 nitrogen and oxygen atoms in total. The predicted octanol–water partition coefficient (Wildman–Crippen LogP) is 4.44. The first kappa shape index (κ1) is 28.5. The SMILES string of the molecule is C=C(/C=C\C(C)=C/C)NC(=O)C(Cc1ccc(C(=O)NCCS(=O)(=O)O)cc1)C1CCC(C)CC1. The van der Waals surface area contributed by atoms with Crippen LogP contribution in [-0.2, 0) is 21.3 Å². The molecule has 0 aliphatic heterocycles. The van der Waals surface area contributed by atoms with Crippen LogP contribution in [0, 0.1) is 17.8 Å². The molecule has 8 heteroatoms. The van der Waals surface area contributed by atoms with Gasteiger partial charge in [-0.3, -0.25) is 14.1 Å². The molecule has 1 atom stereocenters. The van der Waals surface area contributed by atoms with Crippen LogP contribution in [0.2, 0.25) is 0 Å².